The van der Waals surface area contributed by atoms with Crippen molar-refractivity contribution in [3.63, 3.8) is 0 Å². The van der Waals surface area contributed by atoms with Crippen LogP contribution in [0.4, 0.5) is 0 Å². The molecular weight excluding hydrogens is 655 g/mol. The van der Waals surface area contributed by atoms with Gasteiger partial charge in [0.2, 0.25) is 0 Å². The molecule has 0 bridgehead atoms. The van der Waals surface area contributed by atoms with Gasteiger partial charge in [0.25, 0.3) is 0 Å². The summed E-state index contributed by atoms with van der Waals surface area (Å²) in [5.41, 5.74) is 6.57. The van der Waals surface area contributed by atoms with E-state index in [1.807, 2.05) is 12.1 Å². The second-order valence-electron chi connectivity index (χ2n) is 13.2. The Balaban J connectivity index is 1.21. The molecule has 0 unspecified atom stereocenters. The second-order valence-corrected chi connectivity index (χ2v) is 14.3. The van der Waals surface area contributed by atoms with E-state index in [9.17, 15) is 0 Å². The molecule has 0 aliphatic heterocycles. The Bertz CT molecular complexity index is 3210. The van der Waals surface area contributed by atoms with Gasteiger partial charge in [0.1, 0.15) is 11.2 Å². The van der Waals surface area contributed by atoms with Crippen molar-refractivity contribution < 1.29 is 4.42 Å². The first-order valence-electron chi connectivity index (χ1n) is 17.3. The zero-order valence-electron chi connectivity index (χ0n) is 27.7. The number of aromatic nitrogens is 3. The highest BCUT2D eigenvalue weighted by atomic mass is 32.1. The number of hydrogen-bond donors (Lipinski definition) is 0. The van der Waals surface area contributed by atoms with Crippen LogP contribution in [0.25, 0.3) is 109 Å². The van der Waals surface area contributed by atoms with Crippen molar-refractivity contribution in [2.24, 2.45) is 0 Å². The van der Waals surface area contributed by atoms with Crippen molar-refractivity contribution in [1.82, 2.24) is 15.0 Å². The fraction of sp³-hybridized carbons (Fsp3) is 0. The zero-order valence-corrected chi connectivity index (χ0v) is 28.6. The monoisotopic (exact) mass is 681 g/mol. The minimum atomic E-state index is 0.599. The van der Waals surface area contributed by atoms with Gasteiger partial charge in [-0.2, -0.15) is 0 Å². The summed E-state index contributed by atoms with van der Waals surface area (Å²) in [6.07, 6.45) is 0. The smallest absolute Gasteiger partial charge is 0.164 e. The van der Waals surface area contributed by atoms with E-state index in [2.05, 4.69) is 152 Å². The molecule has 3 aromatic heterocycles. The summed E-state index contributed by atoms with van der Waals surface area (Å²) in [4.78, 5) is 15.8. The third-order valence-corrected chi connectivity index (χ3v) is 11.2. The highest BCUT2D eigenvalue weighted by Gasteiger charge is 2.21. The van der Waals surface area contributed by atoms with Crippen LogP contribution in [-0.4, -0.2) is 15.0 Å². The second kappa shape index (κ2) is 11.4. The number of nitrogens with zero attached hydrogens (tertiary/aromatic N) is 3. The van der Waals surface area contributed by atoms with Crippen molar-refractivity contribution >= 4 is 75.0 Å². The average Bonchev–Trinajstić information content (AvgIpc) is 3.78. The number of para-hydroxylation sites is 1. The van der Waals surface area contributed by atoms with Crippen molar-refractivity contribution in [2.45, 2.75) is 0 Å². The van der Waals surface area contributed by atoms with Gasteiger partial charge < -0.3 is 4.42 Å². The standard InChI is InChI=1S/C47H27N3OS/c1-2-12-30-24-31(21-20-28(30)10-1)45-48-46(32-22-23-43-38(25-32)36-15-6-8-19-42(36)52-43)50-47(49-45)39-26-33(35-17-9-13-29-11-3-4-14-34(29)35)27-41-44(39)37-16-5-7-18-40(37)51-41/h1-27H. The molecule has 11 rings (SSSR count). The molecule has 0 saturated heterocycles. The summed E-state index contributed by atoms with van der Waals surface area (Å²) < 4.78 is 9.08. The highest BCUT2D eigenvalue weighted by Crippen LogP contribution is 2.42. The minimum absolute atomic E-state index is 0.599. The molecule has 3 heterocycles. The van der Waals surface area contributed by atoms with E-state index in [0.29, 0.717) is 17.5 Å². The van der Waals surface area contributed by atoms with Crippen molar-refractivity contribution in [1.29, 1.82) is 0 Å². The third-order valence-electron chi connectivity index (χ3n) is 10.1. The molecule has 4 nitrogen and oxygen atoms in total. The molecule has 11 aromatic rings. The Labute approximate surface area is 302 Å². The van der Waals surface area contributed by atoms with Crippen LogP contribution in [0.1, 0.15) is 0 Å². The van der Waals surface area contributed by atoms with Gasteiger partial charge in [0, 0.05) is 47.6 Å². The molecule has 0 aliphatic carbocycles. The molecule has 8 aromatic carbocycles. The normalized spacial score (nSPS) is 11.8. The van der Waals surface area contributed by atoms with E-state index in [-0.39, 0.29) is 0 Å². The maximum Gasteiger partial charge on any atom is 0.164 e. The lowest BCUT2D eigenvalue weighted by Gasteiger charge is -2.12. The van der Waals surface area contributed by atoms with E-state index in [1.54, 1.807) is 11.3 Å². The average molecular weight is 682 g/mol. The van der Waals surface area contributed by atoms with Gasteiger partial charge in [-0.15, -0.1) is 11.3 Å². The number of furan rings is 1. The number of benzene rings is 8. The Hall–Kier alpha value is -6.69. The van der Waals surface area contributed by atoms with E-state index >= 15 is 0 Å². The topological polar surface area (TPSA) is 51.8 Å². The zero-order chi connectivity index (χ0) is 34.2. The van der Waals surface area contributed by atoms with Crippen molar-refractivity contribution in [2.75, 3.05) is 0 Å². The van der Waals surface area contributed by atoms with Crippen LogP contribution in [0.5, 0.6) is 0 Å². The van der Waals surface area contributed by atoms with Gasteiger partial charge in [-0.25, -0.2) is 15.0 Å². The van der Waals surface area contributed by atoms with Crippen LogP contribution in [0.3, 0.4) is 0 Å². The molecule has 0 N–H and O–H groups in total. The summed E-state index contributed by atoms with van der Waals surface area (Å²) in [7, 11) is 0. The molecule has 0 spiro atoms. The molecule has 0 fully saturated rings. The van der Waals surface area contributed by atoms with Crippen molar-refractivity contribution in [3.05, 3.63) is 164 Å². The van der Waals surface area contributed by atoms with Gasteiger partial charge in [-0.3, -0.25) is 0 Å². The number of fused-ring (bicyclic) bond motifs is 8. The summed E-state index contributed by atoms with van der Waals surface area (Å²) in [5.74, 6) is 1.85. The molecule has 0 saturated carbocycles. The first kappa shape index (κ1) is 29.1. The number of rotatable bonds is 4. The van der Waals surface area contributed by atoms with Crippen LogP contribution < -0.4 is 0 Å². The fourth-order valence-electron chi connectivity index (χ4n) is 7.61. The molecular formula is C47H27N3OS. The summed E-state index contributed by atoms with van der Waals surface area (Å²) >= 11 is 1.81. The van der Waals surface area contributed by atoms with E-state index < -0.39 is 0 Å². The predicted molar refractivity (Wildman–Crippen MR) is 217 cm³/mol. The molecule has 0 atom stereocenters. The maximum absolute atomic E-state index is 6.58. The van der Waals surface area contributed by atoms with Crippen molar-refractivity contribution in [3.8, 4) is 45.3 Å². The van der Waals surface area contributed by atoms with Gasteiger partial charge in [-0.1, -0.05) is 115 Å². The van der Waals surface area contributed by atoms with Crippen LogP contribution in [-0.2, 0) is 0 Å². The molecule has 0 amide bonds. The predicted octanol–water partition coefficient (Wildman–Crippen LogP) is 13.1. The van der Waals surface area contributed by atoms with E-state index in [1.165, 1.54) is 36.3 Å². The minimum Gasteiger partial charge on any atom is -0.456 e. The third kappa shape index (κ3) is 4.64. The Kier molecular flexibility index (Phi) is 6.39. The van der Waals surface area contributed by atoms with E-state index in [4.69, 9.17) is 19.4 Å². The quantitative estimate of drug-likeness (QED) is 0.185. The van der Waals surface area contributed by atoms with Gasteiger partial charge in [0.05, 0.1) is 0 Å². The summed E-state index contributed by atoms with van der Waals surface area (Å²) in [5, 5.41) is 9.12. The lowest BCUT2D eigenvalue weighted by atomic mass is 9.94. The summed E-state index contributed by atoms with van der Waals surface area (Å²) in [6.45, 7) is 0. The Morgan fingerprint density at radius 1 is 0.365 bits per heavy atom. The first-order valence-corrected chi connectivity index (χ1v) is 18.2. The lowest BCUT2D eigenvalue weighted by molar-refractivity contribution is 0.669. The molecule has 52 heavy (non-hydrogen) atoms. The first-order chi connectivity index (χ1) is 25.7. The Morgan fingerprint density at radius 3 is 1.90 bits per heavy atom. The van der Waals surface area contributed by atoms with Gasteiger partial charge in [-0.05, 0) is 81.2 Å². The Morgan fingerprint density at radius 2 is 1.02 bits per heavy atom. The SMILES string of the molecule is c1ccc2cc(-c3nc(-c4ccc5sc6ccccc6c5c4)nc(-c4cc(-c5cccc6ccccc56)cc5oc6ccccc6c45)n3)ccc2c1. The van der Waals surface area contributed by atoms with Crippen LogP contribution in [0.15, 0.2) is 168 Å². The van der Waals surface area contributed by atoms with E-state index in [0.717, 1.165) is 55.1 Å². The van der Waals surface area contributed by atoms with Gasteiger partial charge >= 0.3 is 0 Å². The summed E-state index contributed by atoms with van der Waals surface area (Å²) in [6, 6.07) is 57.5. The molecule has 0 radical (unpaired) electrons. The molecule has 242 valence electrons. The number of hydrogen-bond acceptors (Lipinski definition) is 5. The fourth-order valence-corrected chi connectivity index (χ4v) is 8.70. The molecule has 5 heteroatoms. The largest absolute Gasteiger partial charge is 0.456 e. The van der Waals surface area contributed by atoms with Crippen LogP contribution in [0.2, 0.25) is 0 Å². The number of thiophene rings is 1. The molecule has 0 aliphatic rings. The van der Waals surface area contributed by atoms with Crippen LogP contribution in [0, 0.1) is 0 Å². The van der Waals surface area contributed by atoms with Gasteiger partial charge in [0.15, 0.2) is 17.5 Å². The highest BCUT2D eigenvalue weighted by molar-refractivity contribution is 7.25. The van der Waals surface area contributed by atoms with Crippen LogP contribution >= 0.6 is 11.3 Å². The lowest BCUT2D eigenvalue weighted by Crippen LogP contribution is -2.01. The maximum atomic E-state index is 6.58.